The third kappa shape index (κ3) is 5.68. The molecule has 0 unspecified atom stereocenters. The molecule has 2 aromatic carbocycles. The maximum absolute atomic E-state index is 12.3. The van der Waals surface area contributed by atoms with Crippen LogP contribution in [0.2, 0.25) is 0 Å². The van der Waals surface area contributed by atoms with E-state index in [2.05, 4.69) is 35.1 Å². The monoisotopic (exact) mass is 389 g/mol. The van der Waals surface area contributed by atoms with Crippen molar-refractivity contribution in [1.29, 1.82) is 0 Å². The molecule has 0 spiro atoms. The zero-order chi connectivity index (χ0) is 17.5. The first-order valence-electron chi connectivity index (χ1n) is 8.19. The first kappa shape index (κ1) is 18.5. The summed E-state index contributed by atoms with van der Waals surface area (Å²) >= 11 is 3.46. The third-order valence-electron chi connectivity index (χ3n) is 3.74. The molecule has 2 aromatic rings. The lowest BCUT2D eigenvalue weighted by molar-refractivity contribution is -0.124. The van der Waals surface area contributed by atoms with Crippen LogP contribution in [0.4, 0.5) is 0 Å². The minimum Gasteiger partial charge on any atom is -0.484 e. The van der Waals surface area contributed by atoms with Gasteiger partial charge in [0.25, 0.3) is 5.91 Å². The standard InChI is InChI=1S/C20H24BrNO2/c1-14(2)11-19(16-7-5-4-6-8-16)22-20(23)13-24-17-9-10-18(21)15(3)12-17/h4-10,12,14,19H,11,13H2,1-3H3,(H,22,23)/t19-/m1/s1. The molecule has 0 aromatic heterocycles. The van der Waals surface area contributed by atoms with Crippen molar-refractivity contribution in [3.8, 4) is 5.75 Å². The molecule has 1 N–H and O–H groups in total. The van der Waals surface area contributed by atoms with Gasteiger partial charge in [0, 0.05) is 4.47 Å². The molecule has 1 atom stereocenters. The third-order valence-corrected chi connectivity index (χ3v) is 4.63. The largest absolute Gasteiger partial charge is 0.484 e. The van der Waals surface area contributed by atoms with Crippen molar-refractivity contribution in [3.63, 3.8) is 0 Å². The topological polar surface area (TPSA) is 38.3 Å². The number of amides is 1. The molecule has 1 amide bonds. The predicted molar refractivity (Wildman–Crippen MR) is 101 cm³/mol. The Morgan fingerprint density at radius 3 is 2.50 bits per heavy atom. The minimum absolute atomic E-state index is 0.00829. The molecule has 0 saturated heterocycles. The van der Waals surface area contributed by atoms with E-state index in [0.717, 1.165) is 22.0 Å². The summed E-state index contributed by atoms with van der Waals surface area (Å²) in [4.78, 5) is 12.3. The predicted octanol–water partition coefficient (Wildman–Crippen LogP) is 5.04. The molecule has 128 valence electrons. The second-order valence-corrected chi connectivity index (χ2v) is 7.21. The van der Waals surface area contributed by atoms with Gasteiger partial charge in [0.2, 0.25) is 0 Å². The van der Waals surface area contributed by atoms with E-state index in [-0.39, 0.29) is 18.6 Å². The number of halogens is 1. The molecule has 0 aliphatic carbocycles. The number of rotatable bonds is 7. The summed E-state index contributed by atoms with van der Waals surface area (Å²) in [7, 11) is 0. The lowest BCUT2D eigenvalue weighted by Crippen LogP contribution is -2.33. The Morgan fingerprint density at radius 2 is 1.88 bits per heavy atom. The van der Waals surface area contributed by atoms with Gasteiger partial charge in [-0.25, -0.2) is 0 Å². The van der Waals surface area contributed by atoms with Crippen LogP contribution in [-0.4, -0.2) is 12.5 Å². The number of carbonyl (C=O) groups is 1. The fourth-order valence-corrected chi connectivity index (χ4v) is 2.77. The fraction of sp³-hybridized carbons (Fsp3) is 0.350. The van der Waals surface area contributed by atoms with Crippen molar-refractivity contribution >= 4 is 21.8 Å². The number of ether oxygens (including phenoxy) is 1. The number of hydrogen-bond acceptors (Lipinski definition) is 2. The molecular formula is C20H24BrNO2. The Labute approximate surface area is 152 Å². The highest BCUT2D eigenvalue weighted by atomic mass is 79.9. The maximum atomic E-state index is 12.3. The molecule has 0 heterocycles. The zero-order valence-corrected chi connectivity index (χ0v) is 16.0. The van der Waals surface area contributed by atoms with Gasteiger partial charge >= 0.3 is 0 Å². The Hall–Kier alpha value is -1.81. The average Bonchev–Trinajstić information content (AvgIpc) is 2.56. The number of aryl methyl sites for hydroxylation is 1. The molecule has 3 nitrogen and oxygen atoms in total. The van der Waals surface area contributed by atoms with Crippen molar-refractivity contribution in [2.75, 3.05) is 6.61 Å². The van der Waals surface area contributed by atoms with Gasteiger partial charge in [0.1, 0.15) is 5.75 Å². The highest BCUT2D eigenvalue weighted by molar-refractivity contribution is 9.10. The van der Waals surface area contributed by atoms with Crippen molar-refractivity contribution in [2.45, 2.75) is 33.2 Å². The number of benzene rings is 2. The summed E-state index contributed by atoms with van der Waals surface area (Å²) < 4.78 is 6.64. The normalized spacial score (nSPS) is 12.0. The van der Waals surface area contributed by atoms with E-state index in [4.69, 9.17) is 4.74 Å². The van der Waals surface area contributed by atoms with E-state index in [1.165, 1.54) is 0 Å². The van der Waals surface area contributed by atoms with Gasteiger partial charge in [-0.3, -0.25) is 4.79 Å². The lowest BCUT2D eigenvalue weighted by atomic mass is 9.97. The van der Waals surface area contributed by atoms with Crippen molar-refractivity contribution in [3.05, 3.63) is 64.1 Å². The van der Waals surface area contributed by atoms with Crippen LogP contribution < -0.4 is 10.1 Å². The van der Waals surface area contributed by atoms with Crippen molar-refractivity contribution < 1.29 is 9.53 Å². The summed E-state index contributed by atoms with van der Waals surface area (Å²) in [5.41, 5.74) is 2.20. The first-order valence-corrected chi connectivity index (χ1v) is 8.98. The zero-order valence-electron chi connectivity index (χ0n) is 14.4. The smallest absolute Gasteiger partial charge is 0.258 e. The Morgan fingerprint density at radius 1 is 1.17 bits per heavy atom. The highest BCUT2D eigenvalue weighted by Gasteiger charge is 2.16. The van der Waals surface area contributed by atoms with Gasteiger partial charge in [-0.2, -0.15) is 0 Å². The van der Waals surface area contributed by atoms with Crippen LogP contribution in [-0.2, 0) is 4.79 Å². The Balaban J connectivity index is 1.96. The summed E-state index contributed by atoms with van der Waals surface area (Å²) in [6, 6.07) is 15.8. The molecule has 0 aliphatic heterocycles. The minimum atomic E-state index is -0.106. The van der Waals surface area contributed by atoms with Crippen molar-refractivity contribution in [2.24, 2.45) is 5.92 Å². The van der Waals surface area contributed by atoms with E-state index >= 15 is 0 Å². The highest BCUT2D eigenvalue weighted by Crippen LogP contribution is 2.22. The number of nitrogens with one attached hydrogen (secondary N) is 1. The summed E-state index contributed by atoms with van der Waals surface area (Å²) in [5.74, 6) is 1.08. The molecule has 0 saturated carbocycles. The van der Waals surface area contributed by atoms with Crippen LogP contribution in [0.5, 0.6) is 5.75 Å². The summed E-state index contributed by atoms with van der Waals surface area (Å²) in [5, 5.41) is 3.09. The van der Waals surface area contributed by atoms with Crippen LogP contribution >= 0.6 is 15.9 Å². The van der Waals surface area contributed by atoms with E-state index in [0.29, 0.717) is 11.7 Å². The average molecular weight is 390 g/mol. The van der Waals surface area contributed by atoms with Crippen molar-refractivity contribution in [1.82, 2.24) is 5.32 Å². The van der Waals surface area contributed by atoms with Gasteiger partial charge in [0.05, 0.1) is 6.04 Å². The maximum Gasteiger partial charge on any atom is 0.258 e. The summed E-state index contributed by atoms with van der Waals surface area (Å²) in [6.45, 7) is 6.32. The second-order valence-electron chi connectivity index (χ2n) is 6.36. The molecule has 0 fully saturated rings. The molecule has 0 radical (unpaired) electrons. The fourth-order valence-electron chi connectivity index (χ4n) is 2.53. The van der Waals surface area contributed by atoms with E-state index in [9.17, 15) is 4.79 Å². The molecule has 0 aliphatic rings. The molecular weight excluding hydrogens is 366 g/mol. The van der Waals surface area contributed by atoms with Gasteiger partial charge in [-0.05, 0) is 48.6 Å². The van der Waals surface area contributed by atoms with Crippen LogP contribution in [0, 0.1) is 12.8 Å². The van der Waals surface area contributed by atoms with Gasteiger partial charge in [-0.1, -0.05) is 60.1 Å². The number of carbonyl (C=O) groups excluding carboxylic acids is 1. The lowest BCUT2D eigenvalue weighted by Gasteiger charge is -2.21. The van der Waals surface area contributed by atoms with E-state index in [1.807, 2.05) is 55.5 Å². The van der Waals surface area contributed by atoms with Crippen LogP contribution in [0.1, 0.15) is 37.4 Å². The van der Waals surface area contributed by atoms with Crippen LogP contribution in [0.15, 0.2) is 53.0 Å². The quantitative estimate of drug-likeness (QED) is 0.719. The Bertz CT molecular complexity index is 671. The van der Waals surface area contributed by atoms with Gasteiger partial charge in [0.15, 0.2) is 6.61 Å². The van der Waals surface area contributed by atoms with Crippen LogP contribution in [0.3, 0.4) is 0 Å². The van der Waals surface area contributed by atoms with E-state index < -0.39 is 0 Å². The van der Waals surface area contributed by atoms with Gasteiger partial charge in [-0.15, -0.1) is 0 Å². The Kier molecular flexibility index (Phi) is 6.85. The number of hydrogen-bond donors (Lipinski definition) is 1. The second kappa shape index (κ2) is 8.88. The molecule has 2 rings (SSSR count). The molecule has 24 heavy (non-hydrogen) atoms. The van der Waals surface area contributed by atoms with Gasteiger partial charge < -0.3 is 10.1 Å². The van der Waals surface area contributed by atoms with E-state index in [1.54, 1.807) is 0 Å². The van der Waals surface area contributed by atoms with Crippen LogP contribution in [0.25, 0.3) is 0 Å². The molecule has 4 heteroatoms. The SMILES string of the molecule is Cc1cc(OCC(=O)N[C@H](CC(C)C)c2ccccc2)ccc1Br. The first-order chi connectivity index (χ1) is 11.5. The molecule has 0 bridgehead atoms. The summed E-state index contributed by atoms with van der Waals surface area (Å²) in [6.07, 6.45) is 0.896.